The third-order valence-electron chi connectivity index (χ3n) is 4.37. The van der Waals surface area contributed by atoms with Gasteiger partial charge in [0.25, 0.3) is 0 Å². The average Bonchev–Trinajstić information content (AvgIpc) is 2.63. The molecule has 0 saturated carbocycles. The molecule has 1 aliphatic rings. The normalized spacial score (nSPS) is 11.9. The van der Waals surface area contributed by atoms with Crippen LogP contribution in [0, 0.1) is 11.6 Å². The highest BCUT2D eigenvalue weighted by molar-refractivity contribution is 6.09. The summed E-state index contributed by atoms with van der Waals surface area (Å²) in [5.41, 5.74) is 3.74. The molecule has 0 unspecified atom stereocenters. The average molecular weight is 331 g/mol. The first-order chi connectivity index (χ1) is 12.2. The van der Waals surface area contributed by atoms with Crippen LogP contribution in [0.2, 0.25) is 0 Å². The van der Waals surface area contributed by atoms with Crippen molar-refractivity contribution in [2.24, 2.45) is 0 Å². The molecule has 0 spiro atoms. The van der Waals surface area contributed by atoms with Crippen molar-refractivity contribution in [3.63, 3.8) is 0 Å². The lowest BCUT2D eigenvalue weighted by molar-refractivity contribution is 0.627. The van der Waals surface area contributed by atoms with E-state index in [-0.39, 0.29) is 11.6 Å². The van der Waals surface area contributed by atoms with Crippen LogP contribution < -0.4 is 5.32 Å². The lowest BCUT2D eigenvalue weighted by atomic mass is 9.98. The van der Waals surface area contributed by atoms with Crippen LogP contribution in [0.15, 0.2) is 60.8 Å². The lowest BCUT2D eigenvalue weighted by Crippen LogP contribution is -2.05. The van der Waals surface area contributed by atoms with Gasteiger partial charge in [-0.3, -0.25) is 4.98 Å². The minimum absolute atomic E-state index is 0.286. The standard InChI is InChI=1S/C20H11F2N3/c21-13-3-1-11(2-4-13)17-9-12-7-8-23-19-15-10-14(22)5-6-16(15)24-20(25-17)18(12)19/h1-10H,(H,24,25). The molecule has 2 aromatic heterocycles. The first kappa shape index (κ1) is 14.0. The molecule has 0 bridgehead atoms. The quantitative estimate of drug-likeness (QED) is 0.453. The number of aromatic nitrogens is 2. The maximum absolute atomic E-state index is 13.7. The summed E-state index contributed by atoms with van der Waals surface area (Å²) in [5.74, 6) is 0.0733. The Hall–Kier alpha value is -3.34. The predicted octanol–water partition coefficient (Wildman–Crippen LogP) is 5.30. The zero-order valence-corrected chi connectivity index (χ0v) is 12.9. The van der Waals surface area contributed by atoms with Gasteiger partial charge in [0.05, 0.1) is 16.8 Å². The zero-order chi connectivity index (χ0) is 17.0. The lowest BCUT2D eigenvalue weighted by Gasteiger charge is -2.21. The summed E-state index contributed by atoms with van der Waals surface area (Å²) in [4.78, 5) is 9.12. The molecule has 3 nitrogen and oxygen atoms in total. The SMILES string of the molecule is Fc1ccc(-c2cc3ccnc4c3c(n2)Nc2ccc(F)cc2-4)cc1. The van der Waals surface area contributed by atoms with Gasteiger partial charge in [0.2, 0.25) is 0 Å². The Labute approximate surface area is 142 Å². The van der Waals surface area contributed by atoms with Gasteiger partial charge in [0.1, 0.15) is 17.5 Å². The summed E-state index contributed by atoms with van der Waals surface area (Å²) in [6.07, 6.45) is 1.70. The Morgan fingerprint density at radius 2 is 1.64 bits per heavy atom. The molecule has 120 valence electrons. The monoisotopic (exact) mass is 331 g/mol. The molecule has 0 fully saturated rings. The molecule has 3 heterocycles. The number of hydrogen-bond acceptors (Lipinski definition) is 3. The highest BCUT2D eigenvalue weighted by atomic mass is 19.1. The molecule has 1 N–H and O–H groups in total. The third kappa shape index (κ3) is 2.16. The van der Waals surface area contributed by atoms with Crippen LogP contribution in [0.4, 0.5) is 20.3 Å². The number of rotatable bonds is 1. The number of halogens is 2. The van der Waals surface area contributed by atoms with Crippen LogP contribution in [-0.4, -0.2) is 9.97 Å². The van der Waals surface area contributed by atoms with Gasteiger partial charge < -0.3 is 5.32 Å². The largest absolute Gasteiger partial charge is 0.339 e. The van der Waals surface area contributed by atoms with Crippen molar-refractivity contribution in [1.82, 2.24) is 9.97 Å². The van der Waals surface area contributed by atoms with E-state index in [1.165, 1.54) is 24.3 Å². The van der Waals surface area contributed by atoms with Crippen molar-refractivity contribution >= 4 is 22.3 Å². The minimum Gasteiger partial charge on any atom is -0.339 e. The van der Waals surface area contributed by atoms with E-state index in [1.807, 2.05) is 12.1 Å². The number of hydrogen-bond donors (Lipinski definition) is 1. The van der Waals surface area contributed by atoms with Crippen LogP contribution in [0.1, 0.15) is 0 Å². The number of pyridine rings is 2. The van der Waals surface area contributed by atoms with Crippen LogP contribution in [0.5, 0.6) is 0 Å². The molecule has 2 aromatic carbocycles. The fourth-order valence-corrected chi connectivity index (χ4v) is 3.21. The van der Waals surface area contributed by atoms with E-state index in [0.29, 0.717) is 11.5 Å². The molecule has 0 radical (unpaired) electrons. The molecular formula is C20H11F2N3. The predicted molar refractivity (Wildman–Crippen MR) is 93.6 cm³/mol. The van der Waals surface area contributed by atoms with Crippen LogP contribution in [0.3, 0.4) is 0 Å². The molecule has 0 atom stereocenters. The van der Waals surface area contributed by atoms with Crippen molar-refractivity contribution in [1.29, 1.82) is 0 Å². The molecule has 0 saturated heterocycles. The first-order valence-corrected chi connectivity index (χ1v) is 7.82. The van der Waals surface area contributed by atoms with Crippen LogP contribution >= 0.6 is 0 Å². The number of anilines is 2. The maximum Gasteiger partial charge on any atom is 0.141 e. The molecule has 0 amide bonds. The Balaban J connectivity index is 1.79. The second-order valence-electron chi connectivity index (χ2n) is 5.94. The Bertz CT molecular complexity index is 1140. The topological polar surface area (TPSA) is 37.8 Å². The van der Waals surface area contributed by atoms with E-state index in [4.69, 9.17) is 0 Å². The van der Waals surface area contributed by atoms with Gasteiger partial charge >= 0.3 is 0 Å². The van der Waals surface area contributed by atoms with E-state index >= 15 is 0 Å². The summed E-state index contributed by atoms with van der Waals surface area (Å²) < 4.78 is 26.9. The fourth-order valence-electron chi connectivity index (χ4n) is 3.21. The molecule has 25 heavy (non-hydrogen) atoms. The summed E-state index contributed by atoms with van der Waals surface area (Å²) in [6.45, 7) is 0. The van der Waals surface area contributed by atoms with Crippen molar-refractivity contribution in [2.75, 3.05) is 5.32 Å². The highest BCUT2D eigenvalue weighted by Crippen LogP contribution is 2.42. The number of nitrogens with zero attached hydrogens (tertiary/aromatic N) is 2. The Morgan fingerprint density at radius 1 is 0.840 bits per heavy atom. The molecule has 5 heteroatoms. The zero-order valence-electron chi connectivity index (χ0n) is 12.9. The number of fused-ring (bicyclic) bond motifs is 2. The fraction of sp³-hybridized carbons (Fsp3) is 0. The second-order valence-corrected chi connectivity index (χ2v) is 5.94. The molecule has 5 rings (SSSR count). The Kier molecular flexibility index (Phi) is 2.85. The minimum atomic E-state index is -0.307. The summed E-state index contributed by atoms with van der Waals surface area (Å²) in [5, 5.41) is 5.06. The van der Waals surface area contributed by atoms with Gasteiger partial charge in [-0.1, -0.05) is 0 Å². The van der Waals surface area contributed by atoms with E-state index in [1.54, 1.807) is 24.4 Å². The van der Waals surface area contributed by atoms with E-state index in [9.17, 15) is 8.78 Å². The maximum atomic E-state index is 13.7. The Morgan fingerprint density at radius 3 is 2.48 bits per heavy atom. The molecule has 1 aliphatic heterocycles. The van der Waals surface area contributed by atoms with Gasteiger partial charge in [-0.25, -0.2) is 13.8 Å². The molecule has 0 aliphatic carbocycles. The van der Waals surface area contributed by atoms with Gasteiger partial charge in [0.15, 0.2) is 0 Å². The smallest absolute Gasteiger partial charge is 0.141 e. The van der Waals surface area contributed by atoms with Gasteiger partial charge in [-0.05, 0) is 60.0 Å². The van der Waals surface area contributed by atoms with Crippen LogP contribution in [0.25, 0.3) is 33.3 Å². The van der Waals surface area contributed by atoms with Crippen molar-refractivity contribution in [2.45, 2.75) is 0 Å². The van der Waals surface area contributed by atoms with Crippen molar-refractivity contribution in [3.05, 3.63) is 72.4 Å². The third-order valence-corrected chi connectivity index (χ3v) is 4.37. The van der Waals surface area contributed by atoms with Gasteiger partial charge in [0, 0.05) is 23.0 Å². The number of benzene rings is 2. The highest BCUT2D eigenvalue weighted by Gasteiger charge is 2.21. The summed E-state index contributed by atoms with van der Waals surface area (Å²) in [6, 6.07) is 14.6. The van der Waals surface area contributed by atoms with Crippen molar-refractivity contribution < 1.29 is 8.78 Å². The van der Waals surface area contributed by atoms with Crippen LogP contribution in [-0.2, 0) is 0 Å². The molecule has 4 aromatic rings. The number of nitrogens with one attached hydrogen (secondary N) is 1. The molecular weight excluding hydrogens is 320 g/mol. The summed E-state index contributed by atoms with van der Waals surface area (Å²) >= 11 is 0. The van der Waals surface area contributed by atoms with E-state index in [0.717, 1.165) is 33.3 Å². The van der Waals surface area contributed by atoms with Gasteiger partial charge in [-0.15, -0.1) is 0 Å². The first-order valence-electron chi connectivity index (χ1n) is 7.82. The second kappa shape index (κ2) is 5.08. The van der Waals surface area contributed by atoms with Crippen molar-refractivity contribution in [3.8, 4) is 22.5 Å². The summed E-state index contributed by atoms with van der Waals surface area (Å²) in [7, 11) is 0. The van der Waals surface area contributed by atoms with E-state index in [2.05, 4.69) is 15.3 Å². The van der Waals surface area contributed by atoms with E-state index < -0.39 is 0 Å². The van der Waals surface area contributed by atoms with Gasteiger partial charge in [-0.2, -0.15) is 0 Å².